The molecule has 0 bridgehead atoms. The third-order valence-corrected chi connectivity index (χ3v) is 3.47. The average Bonchev–Trinajstić information content (AvgIpc) is 2.97. The third kappa shape index (κ3) is 3.50. The van der Waals surface area contributed by atoms with Crippen LogP contribution in [0.25, 0.3) is 0 Å². The smallest absolute Gasteiger partial charge is 0.409 e. The summed E-state index contributed by atoms with van der Waals surface area (Å²) in [7, 11) is 3.39. The van der Waals surface area contributed by atoms with Gasteiger partial charge in [-0.05, 0) is 13.3 Å². The summed E-state index contributed by atoms with van der Waals surface area (Å²) < 4.78 is 11.1. The maximum Gasteiger partial charge on any atom is 0.409 e. The minimum atomic E-state index is -0.277. The molecule has 1 atom stereocenters. The predicted octanol–water partition coefficient (Wildman–Crippen LogP) is 1.82. The Kier molecular flexibility index (Phi) is 4.65. The van der Waals surface area contributed by atoms with E-state index in [0.29, 0.717) is 0 Å². The molecule has 0 spiro atoms. The van der Waals surface area contributed by atoms with Gasteiger partial charge in [0.2, 0.25) is 0 Å². The zero-order valence-corrected chi connectivity index (χ0v) is 12.7. The van der Waals surface area contributed by atoms with Crippen LogP contribution in [0, 0.1) is 6.92 Å². The molecule has 20 heavy (non-hydrogen) atoms. The van der Waals surface area contributed by atoms with Crippen molar-refractivity contribution < 1.29 is 13.9 Å². The molecular weight excluding hydrogens is 258 g/mol. The van der Waals surface area contributed by atoms with E-state index in [1.165, 1.54) is 4.90 Å². The first kappa shape index (κ1) is 14.8. The number of aromatic nitrogens is 1. The van der Waals surface area contributed by atoms with Gasteiger partial charge in [-0.3, -0.25) is 4.90 Å². The SMILES string of the molecule is CCc1nc(C)c(CN2CCC(OC(=O)N(C)C)C2)o1. The number of carbonyl (C=O) groups is 1. The molecule has 2 heterocycles. The van der Waals surface area contributed by atoms with Gasteiger partial charge in [-0.25, -0.2) is 9.78 Å². The van der Waals surface area contributed by atoms with Gasteiger partial charge < -0.3 is 14.1 Å². The number of hydrogen-bond donors (Lipinski definition) is 0. The monoisotopic (exact) mass is 281 g/mol. The Morgan fingerprint density at radius 3 is 2.90 bits per heavy atom. The van der Waals surface area contributed by atoms with Crippen LogP contribution in [0.2, 0.25) is 0 Å². The highest BCUT2D eigenvalue weighted by Gasteiger charge is 2.27. The summed E-state index contributed by atoms with van der Waals surface area (Å²) in [5, 5.41) is 0. The Hall–Kier alpha value is -1.56. The van der Waals surface area contributed by atoms with E-state index in [-0.39, 0.29) is 12.2 Å². The standard InChI is InChI=1S/C14H23N3O3/c1-5-13-15-10(2)12(20-13)9-17-7-6-11(8-17)19-14(18)16(3)4/h11H,5-9H2,1-4H3. The molecule has 1 aliphatic heterocycles. The quantitative estimate of drug-likeness (QED) is 0.842. The lowest BCUT2D eigenvalue weighted by atomic mass is 10.3. The van der Waals surface area contributed by atoms with E-state index in [1.807, 2.05) is 13.8 Å². The van der Waals surface area contributed by atoms with Gasteiger partial charge in [-0.1, -0.05) is 6.92 Å². The fraction of sp³-hybridized carbons (Fsp3) is 0.714. The van der Waals surface area contributed by atoms with Crippen LogP contribution in [-0.2, 0) is 17.7 Å². The molecule has 1 aromatic heterocycles. The summed E-state index contributed by atoms with van der Waals surface area (Å²) in [5.74, 6) is 1.70. The second-order valence-corrected chi connectivity index (χ2v) is 5.39. The molecule has 1 saturated heterocycles. The highest BCUT2D eigenvalue weighted by molar-refractivity contribution is 5.67. The van der Waals surface area contributed by atoms with Crippen LogP contribution in [0.15, 0.2) is 4.42 Å². The molecule has 1 amide bonds. The van der Waals surface area contributed by atoms with E-state index in [4.69, 9.17) is 9.15 Å². The number of nitrogens with zero attached hydrogens (tertiary/aromatic N) is 3. The van der Waals surface area contributed by atoms with Crippen LogP contribution in [0.1, 0.15) is 30.7 Å². The van der Waals surface area contributed by atoms with Gasteiger partial charge in [0.05, 0.1) is 12.2 Å². The van der Waals surface area contributed by atoms with Crippen molar-refractivity contribution in [3.8, 4) is 0 Å². The number of ether oxygens (including phenoxy) is 1. The van der Waals surface area contributed by atoms with Crippen molar-refractivity contribution in [1.29, 1.82) is 0 Å². The summed E-state index contributed by atoms with van der Waals surface area (Å²) in [6.45, 7) is 6.39. The predicted molar refractivity (Wildman–Crippen MR) is 74.5 cm³/mol. The van der Waals surface area contributed by atoms with E-state index >= 15 is 0 Å². The minimum Gasteiger partial charge on any atom is -0.445 e. The lowest BCUT2D eigenvalue weighted by Gasteiger charge is -2.17. The fourth-order valence-electron chi connectivity index (χ4n) is 2.27. The van der Waals surface area contributed by atoms with Crippen molar-refractivity contribution in [2.45, 2.75) is 39.3 Å². The molecular formula is C14H23N3O3. The maximum atomic E-state index is 11.5. The molecule has 112 valence electrons. The summed E-state index contributed by atoms with van der Waals surface area (Å²) in [6, 6.07) is 0. The number of aryl methyl sites for hydroxylation is 2. The van der Waals surface area contributed by atoms with Crippen molar-refractivity contribution >= 4 is 6.09 Å². The van der Waals surface area contributed by atoms with Crippen LogP contribution >= 0.6 is 0 Å². The first-order valence-electron chi connectivity index (χ1n) is 7.05. The number of carbonyl (C=O) groups excluding carboxylic acids is 1. The first-order chi connectivity index (χ1) is 9.49. The normalized spacial score (nSPS) is 19.3. The highest BCUT2D eigenvalue weighted by atomic mass is 16.6. The largest absolute Gasteiger partial charge is 0.445 e. The van der Waals surface area contributed by atoms with Crippen LogP contribution in [0.3, 0.4) is 0 Å². The van der Waals surface area contributed by atoms with Crippen LogP contribution < -0.4 is 0 Å². The molecule has 6 heteroatoms. The molecule has 1 aliphatic rings. The average molecular weight is 281 g/mol. The van der Waals surface area contributed by atoms with E-state index in [2.05, 4.69) is 9.88 Å². The number of oxazole rings is 1. The van der Waals surface area contributed by atoms with Gasteiger partial charge in [0.25, 0.3) is 0 Å². The van der Waals surface area contributed by atoms with Gasteiger partial charge in [-0.2, -0.15) is 0 Å². The number of amides is 1. The number of hydrogen-bond acceptors (Lipinski definition) is 5. The van der Waals surface area contributed by atoms with Crippen molar-refractivity contribution in [2.75, 3.05) is 27.2 Å². The molecule has 2 rings (SSSR count). The Morgan fingerprint density at radius 2 is 2.30 bits per heavy atom. The topological polar surface area (TPSA) is 58.8 Å². The van der Waals surface area contributed by atoms with Gasteiger partial charge in [0, 0.05) is 33.6 Å². The van der Waals surface area contributed by atoms with Crippen LogP contribution in [0.5, 0.6) is 0 Å². The van der Waals surface area contributed by atoms with E-state index in [0.717, 1.165) is 49.8 Å². The zero-order chi connectivity index (χ0) is 14.7. The summed E-state index contributed by atoms with van der Waals surface area (Å²) in [4.78, 5) is 19.6. The first-order valence-corrected chi connectivity index (χ1v) is 7.05. The Bertz CT molecular complexity index is 470. The summed E-state index contributed by atoms with van der Waals surface area (Å²) in [5.41, 5.74) is 0.954. The molecule has 1 aromatic rings. The second-order valence-electron chi connectivity index (χ2n) is 5.39. The number of likely N-dealkylation sites (tertiary alicyclic amines) is 1. The maximum absolute atomic E-state index is 11.5. The molecule has 0 aliphatic carbocycles. The molecule has 0 saturated carbocycles. The zero-order valence-electron chi connectivity index (χ0n) is 12.7. The van der Waals surface area contributed by atoms with Crippen molar-refractivity contribution in [3.63, 3.8) is 0 Å². The van der Waals surface area contributed by atoms with Crippen molar-refractivity contribution in [3.05, 3.63) is 17.3 Å². The molecule has 6 nitrogen and oxygen atoms in total. The Labute approximate surface area is 119 Å². The van der Waals surface area contributed by atoms with E-state index in [1.54, 1.807) is 14.1 Å². The molecule has 0 radical (unpaired) electrons. The van der Waals surface area contributed by atoms with Crippen molar-refractivity contribution in [2.24, 2.45) is 0 Å². The Morgan fingerprint density at radius 1 is 1.55 bits per heavy atom. The van der Waals surface area contributed by atoms with Crippen LogP contribution in [0.4, 0.5) is 4.79 Å². The lowest BCUT2D eigenvalue weighted by Crippen LogP contribution is -2.30. The molecule has 1 fully saturated rings. The summed E-state index contributed by atoms with van der Waals surface area (Å²) in [6.07, 6.45) is 1.37. The van der Waals surface area contributed by atoms with E-state index in [9.17, 15) is 4.79 Å². The molecule has 1 unspecified atom stereocenters. The van der Waals surface area contributed by atoms with Crippen LogP contribution in [-0.4, -0.2) is 54.2 Å². The van der Waals surface area contributed by atoms with Gasteiger partial charge >= 0.3 is 6.09 Å². The third-order valence-electron chi connectivity index (χ3n) is 3.47. The van der Waals surface area contributed by atoms with Gasteiger partial charge in [0.15, 0.2) is 5.89 Å². The minimum absolute atomic E-state index is 0.0289. The fourth-order valence-corrected chi connectivity index (χ4v) is 2.27. The van der Waals surface area contributed by atoms with Crippen molar-refractivity contribution in [1.82, 2.24) is 14.8 Å². The lowest BCUT2D eigenvalue weighted by molar-refractivity contribution is 0.0770. The summed E-state index contributed by atoms with van der Waals surface area (Å²) >= 11 is 0. The number of rotatable bonds is 4. The van der Waals surface area contributed by atoms with Gasteiger partial charge in [0.1, 0.15) is 11.9 Å². The molecule has 0 N–H and O–H groups in total. The Balaban J connectivity index is 1.86. The molecule has 0 aromatic carbocycles. The second kappa shape index (κ2) is 6.26. The highest BCUT2D eigenvalue weighted by Crippen LogP contribution is 2.19. The van der Waals surface area contributed by atoms with E-state index < -0.39 is 0 Å². The van der Waals surface area contributed by atoms with Gasteiger partial charge in [-0.15, -0.1) is 0 Å².